The molecule has 1 aliphatic heterocycles. The van der Waals surface area contributed by atoms with Gasteiger partial charge in [-0.2, -0.15) is 0 Å². The van der Waals surface area contributed by atoms with Gasteiger partial charge < -0.3 is 33.5 Å². The summed E-state index contributed by atoms with van der Waals surface area (Å²) in [5, 5.41) is 10.6. The number of aromatic hydroxyl groups is 1. The van der Waals surface area contributed by atoms with E-state index in [0.29, 0.717) is 0 Å². The minimum atomic E-state index is -1.53. The second kappa shape index (κ2) is 13.7. The van der Waals surface area contributed by atoms with Crippen LogP contribution in [0.4, 0.5) is 4.39 Å². The van der Waals surface area contributed by atoms with E-state index in [9.17, 15) is 33.5 Å². The third-order valence-electron chi connectivity index (χ3n) is 5.78. The molecule has 0 aliphatic carbocycles. The molecule has 1 aliphatic rings. The molecule has 0 aromatic heterocycles. The van der Waals surface area contributed by atoms with E-state index in [1.807, 2.05) is 0 Å². The monoisotopic (exact) mass is 576 g/mol. The van der Waals surface area contributed by atoms with Gasteiger partial charge in [0.1, 0.15) is 30.0 Å². The van der Waals surface area contributed by atoms with Gasteiger partial charge >= 0.3 is 23.9 Å². The van der Waals surface area contributed by atoms with Crippen LogP contribution in [0.2, 0.25) is 0 Å². The molecule has 0 amide bonds. The third kappa shape index (κ3) is 8.48. The van der Waals surface area contributed by atoms with Crippen LogP contribution in [0.15, 0.2) is 42.5 Å². The molecule has 220 valence electrons. The number of phenols is 1. The lowest BCUT2D eigenvalue weighted by molar-refractivity contribution is -0.288. The Labute approximate surface area is 234 Å². The Hall–Kier alpha value is -4.52. The smallest absolute Gasteiger partial charge is 0.303 e. The summed E-state index contributed by atoms with van der Waals surface area (Å²) in [6, 6.07) is 9.38. The van der Waals surface area contributed by atoms with Crippen molar-refractivity contribution in [2.24, 2.45) is 0 Å². The Balaban J connectivity index is 1.92. The van der Waals surface area contributed by atoms with Gasteiger partial charge in [-0.15, -0.1) is 0 Å². The summed E-state index contributed by atoms with van der Waals surface area (Å²) < 4.78 is 46.6. The van der Waals surface area contributed by atoms with Crippen LogP contribution in [0.25, 0.3) is 0 Å². The number of rotatable bonds is 10. The highest BCUT2D eigenvalue weighted by molar-refractivity contribution is 6.00. The molecule has 12 nitrogen and oxygen atoms in total. The number of phenolic OH excluding ortho intramolecular Hbond substituents is 1. The van der Waals surface area contributed by atoms with Crippen LogP contribution < -0.4 is 4.74 Å². The van der Waals surface area contributed by atoms with E-state index in [0.717, 1.165) is 33.8 Å². The van der Waals surface area contributed by atoms with E-state index >= 15 is 0 Å². The van der Waals surface area contributed by atoms with Crippen LogP contribution in [-0.4, -0.2) is 72.1 Å². The molecule has 3 rings (SSSR count). The number of carbonyl (C=O) groups excluding carboxylic acids is 5. The first-order valence-corrected chi connectivity index (χ1v) is 12.4. The maximum atomic E-state index is 14.0. The first-order valence-electron chi connectivity index (χ1n) is 12.4. The van der Waals surface area contributed by atoms with Crippen molar-refractivity contribution >= 4 is 29.7 Å². The molecule has 5 atom stereocenters. The van der Waals surface area contributed by atoms with Crippen LogP contribution in [0.1, 0.15) is 43.6 Å². The zero-order valence-electron chi connectivity index (χ0n) is 22.7. The fraction of sp³-hybridized carbons (Fsp3) is 0.393. The predicted octanol–water partition coefficient (Wildman–Crippen LogP) is 2.42. The van der Waals surface area contributed by atoms with Gasteiger partial charge in [0.05, 0.1) is 5.56 Å². The number of hydrogen-bond donors (Lipinski definition) is 1. The van der Waals surface area contributed by atoms with Crippen molar-refractivity contribution < 1.29 is 61.9 Å². The zero-order valence-corrected chi connectivity index (χ0v) is 22.7. The quantitative estimate of drug-likeness (QED) is 0.250. The third-order valence-corrected chi connectivity index (χ3v) is 5.78. The molecule has 0 spiro atoms. The molecule has 0 unspecified atom stereocenters. The Morgan fingerprint density at radius 1 is 0.829 bits per heavy atom. The van der Waals surface area contributed by atoms with Crippen molar-refractivity contribution in [2.45, 2.75) is 64.8 Å². The van der Waals surface area contributed by atoms with E-state index in [4.69, 9.17) is 28.4 Å². The molecule has 1 heterocycles. The van der Waals surface area contributed by atoms with Crippen LogP contribution in [0, 0.1) is 5.82 Å². The molecule has 41 heavy (non-hydrogen) atoms. The van der Waals surface area contributed by atoms with Crippen molar-refractivity contribution in [1.29, 1.82) is 0 Å². The average molecular weight is 577 g/mol. The average Bonchev–Trinajstić information content (AvgIpc) is 2.87. The SMILES string of the molecule is CC(=O)OC[C@@H]1O[C@H](Oc2ccc(C(=O)Cc3ccccc3F)c(O)c2)[C@H](OC(C)=O)[C@@H](OC(C)=O)[C@H]1OC(C)=O. The van der Waals surface area contributed by atoms with E-state index in [1.54, 1.807) is 6.07 Å². The number of benzene rings is 2. The molecular formula is C28H29FO12. The first-order chi connectivity index (χ1) is 19.3. The minimum Gasteiger partial charge on any atom is -0.507 e. The molecule has 0 radical (unpaired) electrons. The predicted molar refractivity (Wildman–Crippen MR) is 135 cm³/mol. The van der Waals surface area contributed by atoms with Gasteiger partial charge in [-0.05, 0) is 23.8 Å². The van der Waals surface area contributed by atoms with Gasteiger partial charge in [0.15, 0.2) is 18.0 Å². The van der Waals surface area contributed by atoms with Crippen LogP contribution in [0.5, 0.6) is 11.5 Å². The number of halogens is 1. The lowest BCUT2D eigenvalue weighted by Crippen LogP contribution is -2.63. The largest absolute Gasteiger partial charge is 0.507 e. The molecular weight excluding hydrogens is 547 g/mol. The van der Waals surface area contributed by atoms with Crippen molar-refractivity contribution in [1.82, 2.24) is 0 Å². The molecule has 13 heteroatoms. The van der Waals surface area contributed by atoms with Crippen molar-refractivity contribution in [3.63, 3.8) is 0 Å². The lowest BCUT2D eigenvalue weighted by Gasteiger charge is -2.43. The molecule has 1 saturated heterocycles. The fourth-order valence-corrected chi connectivity index (χ4v) is 4.15. The summed E-state index contributed by atoms with van der Waals surface area (Å²) in [5.41, 5.74) is 0.0388. The normalized spacial score (nSPS) is 21.7. The van der Waals surface area contributed by atoms with Crippen molar-refractivity contribution in [3.05, 3.63) is 59.4 Å². The Bertz CT molecular complexity index is 1310. The summed E-state index contributed by atoms with van der Waals surface area (Å²) in [6.45, 7) is 3.94. The summed E-state index contributed by atoms with van der Waals surface area (Å²) >= 11 is 0. The first kappa shape index (κ1) is 31.0. The van der Waals surface area contributed by atoms with Gasteiger partial charge in [0.2, 0.25) is 12.4 Å². The zero-order chi connectivity index (χ0) is 30.3. The van der Waals surface area contributed by atoms with Crippen LogP contribution in [0.3, 0.4) is 0 Å². The number of Topliss-reactive ketones (excluding diaryl/α,β-unsaturated/α-hetero) is 1. The highest BCUT2D eigenvalue weighted by Gasteiger charge is 2.53. The topological polar surface area (TPSA) is 161 Å². The van der Waals surface area contributed by atoms with Gasteiger partial charge in [0.25, 0.3) is 0 Å². The Morgan fingerprint density at radius 3 is 2.02 bits per heavy atom. The molecule has 0 saturated carbocycles. The van der Waals surface area contributed by atoms with Gasteiger partial charge in [0, 0.05) is 40.2 Å². The molecule has 2 aromatic carbocycles. The molecule has 1 fully saturated rings. The highest BCUT2D eigenvalue weighted by atomic mass is 19.1. The van der Waals surface area contributed by atoms with Crippen molar-refractivity contribution in [3.8, 4) is 11.5 Å². The summed E-state index contributed by atoms with van der Waals surface area (Å²) in [4.78, 5) is 59.9. The fourth-order valence-electron chi connectivity index (χ4n) is 4.15. The number of hydrogen-bond acceptors (Lipinski definition) is 12. The highest BCUT2D eigenvalue weighted by Crippen LogP contribution is 2.33. The van der Waals surface area contributed by atoms with E-state index in [-0.39, 0.29) is 23.3 Å². The van der Waals surface area contributed by atoms with Crippen LogP contribution in [-0.2, 0) is 49.3 Å². The Morgan fingerprint density at radius 2 is 1.44 bits per heavy atom. The number of ether oxygens (including phenoxy) is 6. The van der Waals surface area contributed by atoms with Gasteiger partial charge in [-0.25, -0.2) is 4.39 Å². The second-order valence-corrected chi connectivity index (χ2v) is 9.06. The maximum Gasteiger partial charge on any atom is 0.303 e. The summed E-state index contributed by atoms with van der Waals surface area (Å²) in [5.74, 6) is -4.78. The standard InChI is InChI=1S/C28H29FO12/c1-14(30)36-13-24-25(37-15(2)31)26(38-16(3)32)27(39-17(4)33)28(41-24)40-19-9-10-20(23(35)12-19)22(34)11-18-7-5-6-8-21(18)29/h5-10,12,24-28,35H,11,13H2,1-4H3/t24-,25-,26-,27+,28-/m0/s1. The Kier molecular flexibility index (Phi) is 10.4. The molecule has 1 N–H and O–H groups in total. The van der Waals surface area contributed by atoms with E-state index < -0.39 is 78.5 Å². The van der Waals surface area contributed by atoms with Gasteiger partial charge in [-0.3, -0.25) is 24.0 Å². The number of ketones is 1. The summed E-state index contributed by atoms with van der Waals surface area (Å²) in [6.07, 6.45) is -7.38. The van der Waals surface area contributed by atoms with Crippen molar-refractivity contribution in [2.75, 3.05) is 6.61 Å². The number of esters is 4. The number of carbonyl (C=O) groups is 5. The molecule has 2 aromatic rings. The van der Waals surface area contributed by atoms with Crippen LogP contribution >= 0.6 is 0 Å². The second-order valence-electron chi connectivity index (χ2n) is 9.06. The van der Waals surface area contributed by atoms with E-state index in [1.165, 1.54) is 30.3 Å². The maximum absolute atomic E-state index is 14.0. The lowest BCUT2D eigenvalue weighted by atomic mass is 9.98. The summed E-state index contributed by atoms with van der Waals surface area (Å²) in [7, 11) is 0. The minimum absolute atomic E-state index is 0.0640. The van der Waals surface area contributed by atoms with E-state index in [2.05, 4.69) is 0 Å². The van der Waals surface area contributed by atoms with Gasteiger partial charge in [-0.1, -0.05) is 18.2 Å². The molecule has 0 bridgehead atoms.